The number of amides is 2. The highest BCUT2D eigenvalue weighted by molar-refractivity contribution is 5.76. The van der Waals surface area contributed by atoms with E-state index in [1.165, 1.54) is 10.7 Å². The molecular weight excluding hydrogens is 310 g/mol. The molecule has 3 heterocycles. The SMILES string of the molecule is O=CN1CCN(C(=O)Cn2nc(-c3ccncc3)ccc2=O)CC1. The van der Waals surface area contributed by atoms with Crippen molar-refractivity contribution >= 4 is 12.3 Å². The second kappa shape index (κ2) is 7.03. The molecule has 2 aromatic rings. The summed E-state index contributed by atoms with van der Waals surface area (Å²) >= 11 is 0. The van der Waals surface area contributed by atoms with Gasteiger partial charge in [0, 0.05) is 50.2 Å². The number of carbonyl (C=O) groups excluding carboxylic acids is 2. The Kier molecular flexibility index (Phi) is 4.64. The van der Waals surface area contributed by atoms with Crippen LogP contribution < -0.4 is 5.56 Å². The van der Waals surface area contributed by atoms with Crippen LogP contribution >= 0.6 is 0 Å². The molecule has 1 aliphatic rings. The normalized spacial score (nSPS) is 14.5. The van der Waals surface area contributed by atoms with E-state index in [1.807, 2.05) is 0 Å². The maximum absolute atomic E-state index is 12.4. The predicted molar refractivity (Wildman–Crippen MR) is 85.9 cm³/mol. The molecule has 1 fully saturated rings. The van der Waals surface area contributed by atoms with Gasteiger partial charge in [-0.2, -0.15) is 5.10 Å². The summed E-state index contributed by atoms with van der Waals surface area (Å²) in [6, 6.07) is 6.61. The fourth-order valence-corrected chi connectivity index (χ4v) is 2.54. The third-order valence-corrected chi connectivity index (χ3v) is 3.94. The summed E-state index contributed by atoms with van der Waals surface area (Å²) in [5, 5.41) is 4.27. The average molecular weight is 327 g/mol. The molecule has 8 nitrogen and oxygen atoms in total. The highest BCUT2D eigenvalue weighted by Gasteiger charge is 2.21. The number of nitrogens with zero attached hydrogens (tertiary/aromatic N) is 5. The predicted octanol–water partition coefficient (Wildman–Crippen LogP) is -0.394. The van der Waals surface area contributed by atoms with Crippen molar-refractivity contribution in [3.63, 3.8) is 0 Å². The number of hydrogen-bond donors (Lipinski definition) is 0. The summed E-state index contributed by atoms with van der Waals surface area (Å²) in [5.41, 5.74) is 1.11. The highest BCUT2D eigenvalue weighted by Crippen LogP contribution is 2.13. The Bertz CT molecular complexity index is 782. The Labute approximate surface area is 138 Å². The van der Waals surface area contributed by atoms with Gasteiger partial charge < -0.3 is 9.80 Å². The largest absolute Gasteiger partial charge is 0.342 e. The maximum atomic E-state index is 12.4. The minimum absolute atomic E-state index is 0.112. The second-order valence-corrected chi connectivity index (χ2v) is 5.47. The molecule has 8 heteroatoms. The van der Waals surface area contributed by atoms with Gasteiger partial charge in [-0.25, -0.2) is 4.68 Å². The Morgan fingerprint density at radius 1 is 1.08 bits per heavy atom. The van der Waals surface area contributed by atoms with Crippen molar-refractivity contribution in [2.24, 2.45) is 0 Å². The van der Waals surface area contributed by atoms with Gasteiger partial charge in [0.2, 0.25) is 12.3 Å². The first-order chi connectivity index (χ1) is 11.7. The van der Waals surface area contributed by atoms with Gasteiger partial charge in [0.05, 0.1) is 5.69 Å². The monoisotopic (exact) mass is 327 g/mol. The van der Waals surface area contributed by atoms with Crippen LogP contribution in [0, 0.1) is 0 Å². The Balaban J connectivity index is 1.74. The molecule has 0 spiro atoms. The molecule has 0 unspecified atom stereocenters. The number of pyridine rings is 1. The smallest absolute Gasteiger partial charge is 0.267 e. The maximum Gasteiger partial charge on any atom is 0.267 e. The van der Waals surface area contributed by atoms with Crippen molar-refractivity contribution in [1.82, 2.24) is 24.6 Å². The zero-order chi connectivity index (χ0) is 16.9. The first-order valence-electron chi connectivity index (χ1n) is 7.63. The Morgan fingerprint density at radius 2 is 1.79 bits per heavy atom. The van der Waals surface area contributed by atoms with Gasteiger partial charge in [-0.15, -0.1) is 0 Å². The molecule has 2 aromatic heterocycles. The summed E-state index contributed by atoms with van der Waals surface area (Å²) in [4.78, 5) is 42.3. The van der Waals surface area contributed by atoms with Crippen LogP contribution in [-0.2, 0) is 16.1 Å². The van der Waals surface area contributed by atoms with E-state index in [9.17, 15) is 14.4 Å². The fourth-order valence-electron chi connectivity index (χ4n) is 2.54. The third-order valence-electron chi connectivity index (χ3n) is 3.94. The molecule has 124 valence electrons. The van der Waals surface area contributed by atoms with Crippen LogP contribution in [0.2, 0.25) is 0 Å². The lowest BCUT2D eigenvalue weighted by atomic mass is 10.2. The van der Waals surface area contributed by atoms with E-state index in [2.05, 4.69) is 10.1 Å². The zero-order valence-corrected chi connectivity index (χ0v) is 13.0. The molecule has 0 N–H and O–H groups in total. The molecule has 1 saturated heterocycles. The Hall–Kier alpha value is -3.03. The fraction of sp³-hybridized carbons (Fsp3) is 0.312. The van der Waals surface area contributed by atoms with E-state index < -0.39 is 0 Å². The lowest BCUT2D eigenvalue weighted by Crippen LogP contribution is -2.49. The molecule has 1 aliphatic heterocycles. The molecule has 3 rings (SSSR count). The first kappa shape index (κ1) is 15.9. The lowest BCUT2D eigenvalue weighted by Gasteiger charge is -2.32. The lowest BCUT2D eigenvalue weighted by molar-refractivity contribution is -0.135. The van der Waals surface area contributed by atoms with Crippen LogP contribution in [-0.4, -0.2) is 63.1 Å². The van der Waals surface area contributed by atoms with Crippen molar-refractivity contribution in [2.75, 3.05) is 26.2 Å². The molecule has 0 saturated carbocycles. The quantitative estimate of drug-likeness (QED) is 0.713. The van der Waals surface area contributed by atoms with E-state index in [0.717, 1.165) is 12.0 Å². The van der Waals surface area contributed by atoms with E-state index in [0.29, 0.717) is 31.9 Å². The minimum Gasteiger partial charge on any atom is -0.342 e. The van der Waals surface area contributed by atoms with Crippen LogP contribution in [0.25, 0.3) is 11.3 Å². The van der Waals surface area contributed by atoms with Crippen molar-refractivity contribution in [3.05, 3.63) is 47.0 Å². The molecule has 0 bridgehead atoms. The average Bonchev–Trinajstić information content (AvgIpc) is 2.64. The standard InChI is InChI=1S/C16H17N5O3/c22-12-19-7-9-20(10-8-19)16(24)11-21-15(23)2-1-14(18-21)13-3-5-17-6-4-13/h1-6,12H,7-11H2. The van der Waals surface area contributed by atoms with Crippen molar-refractivity contribution in [2.45, 2.75) is 6.54 Å². The molecule has 0 atom stereocenters. The van der Waals surface area contributed by atoms with Gasteiger partial charge in [-0.1, -0.05) is 0 Å². The summed E-state index contributed by atoms with van der Waals surface area (Å²) < 4.78 is 1.17. The summed E-state index contributed by atoms with van der Waals surface area (Å²) in [7, 11) is 0. The molecule has 0 radical (unpaired) electrons. The zero-order valence-electron chi connectivity index (χ0n) is 13.0. The number of hydrogen-bond acceptors (Lipinski definition) is 5. The van der Waals surface area contributed by atoms with Crippen LogP contribution in [0.4, 0.5) is 0 Å². The van der Waals surface area contributed by atoms with Crippen molar-refractivity contribution in [3.8, 4) is 11.3 Å². The minimum atomic E-state index is -0.326. The summed E-state index contributed by atoms with van der Waals surface area (Å²) in [6.07, 6.45) is 4.07. The van der Waals surface area contributed by atoms with Gasteiger partial charge in [0.1, 0.15) is 6.54 Å². The van der Waals surface area contributed by atoms with Crippen LogP contribution in [0.5, 0.6) is 0 Å². The van der Waals surface area contributed by atoms with Crippen LogP contribution in [0.15, 0.2) is 41.5 Å². The summed E-state index contributed by atoms with van der Waals surface area (Å²) in [6.45, 7) is 1.84. The molecule has 2 amide bonds. The first-order valence-corrected chi connectivity index (χ1v) is 7.63. The van der Waals surface area contributed by atoms with Gasteiger partial charge in [-0.05, 0) is 18.2 Å². The van der Waals surface area contributed by atoms with E-state index in [1.54, 1.807) is 40.4 Å². The molecule has 0 aromatic carbocycles. The number of aromatic nitrogens is 3. The number of carbonyl (C=O) groups is 2. The van der Waals surface area contributed by atoms with E-state index in [4.69, 9.17) is 0 Å². The molecular formula is C16H17N5O3. The molecule has 0 aliphatic carbocycles. The number of piperazine rings is 1. The number of rotatable bonds is 4. The highest BCUT2D eigenvalue weighted by atomic mass is 16.2. The van der Waals surface area contributed by atoms with Crippen LogP contribution in [0.1, 0.15) is 0 Å². The second-order valence-electron chi connectivity index (χ2n) is 5.47. The van der Waals surface area contributed by atoms with E-state index >= 15 is 0 Å². The van der Waals surface area contributed by atoms with Gasteiger partial charge in [0.15, 0.2) is 0 Å². The summed E-state index contributed by atoms with van der Waals surface area (Å²) in [5.74, 6) is -0.179. The van der Waals surface area contributed by atoms with Gasteiger partial charge >= 0.3 is 0 Å². The van der Waals surface area contributed by atoms with E-state index in [-0.39, 0.29) is 18.0 Å². The van der Waals surface area contributed by atoms with Crippen LogP contribution in [0.3, 0.4) is 0 Å². The Morgan fingerprint density at radius 3 is 2.46 bits per heavy atom. The third kappa shape index (κ3) is 3.48. The van der Waals surface area contributed by atoms with Gasteiger partial charge in [0.25, 0.3) is 5.56 Å². The molecule has 24 heavy (non-hydrogen) atoms. The van der Waals surface area contributed by atoms with Crippen molar-refractivity contribution in [1.29, 1.82) is 0 Å². The van der Waals surface area contributed by atoms with Gasteiger partial charge in [-0.3, -0.25) is 19.4 Å². The van der Waals surface area contributed by atoms with Crippen molar-refractivity contribution < 1.29 is 9.59 Å². The topological polar surface area (TPSA) is 88.4 Å².